The SMILES string of the molecule is CC(C)(C)c1cccc(NC(=O)C=Cc2cccc(OCc3ccnc(C(N)=O)c3)c2)c1. The maximum atomic E-state index is 12.4. The number of pyridine rings is 1. The molecule has 0 saturated carbocycles. The van der Waals surface area contributed by atoms with Gasteiger partial charge in [-0.15, -0.1) is 0 Å². The van der Waals surface area contributed by atoms with E-state index >= 15 is 0 Å². The van der Waals surface area contributed by atoms with Crippen LogP contribution in [0.15, 0.2) is 72.9 Å². The lowest BCUT2D eigenvalue weighted by Gasteiger charge is -2.19. The summed E-state index contributed by atoms with van der Waals surface area (Å²) in [5.41, 5.74) is 8.99. The molecule has 2 aromatic carbocycles. The number of rotatable bonds is 7. The fourth-order valence-electron chi connectivity index (χ4n) is 2.99. The van der Waals surface area contributed by atoms with E-state index in [4.69, 9.17) is 10.5 Å². The maximum absolute atomic E-state index is 12.4. The van der Waals surface area contributed by atoms with Crippen LogP contribution in [0.25, 0.3) is 6.08 Å². The number of anilines is 1. The largest absolute Gasteiger partial charge is 0.489 e. The second-order valence-electron chi connectivity index (χ2n) is 8.43. The van der Waals surface area contributed by atoms with Gasteiger partial charge in [0.2, 0.25) is 5.91 Å². The van der Waals surface area contributed by atoms with Crippen molar-refractivity contribution in [2.75, 3.05) is 5.32 Å². The standard InChI is InChI=1S/C26H27N3O3/c1-26(2,3)20-7-5-8-21(16-20)29-24(30)11-10-18-6-4-9-22(14-18)32-17-19-12-13-28-23(15-19)25(27)31/h4-16H,17H2,1-3H3,(H2,27,31)(H,29,30). The molecular weight excluding hydrogens is 402 g/mol. The Hall–Kier alpha value is -3.93. The van der Waals surface area contributed by atoms with E-state index < -0.39 is 5.91 Å². The van der Waals surface area contributed by atoms with E-state index in [0.29, 0.717) is 5.75 Å². The Bertz CT molecular complexity index is 1150. The highest BCUT2D eigenvalue weighted by atomic mass is 16.5. The van der Waals surface area contributed by atoms with Crippen LogP contribution in [0, 0.1) is 0 Å². The minimum atomic E-state index is -0.581. The number of benzene rings is 2. The number of aromatic nitrogens is 1. The van der Waals surface area contributed by atoms with Crippen LogP contribution < -0.4 is 15.8 Å². The lowest BCUT2D eigenvalue weighted by Crippen LogP contribution is -2.13. The molecule has 0 spiro atoms. The first-order chi connectivity index (χ1) is 15.2. The molecule has 0 unspecified atom stereocenters. The third-order valence-corrected chi connectivity index (χ3v) is 4.76. The molecule has 164 valence electrons. The van der Waals surface area contributed by atoms with Crippen molar-refractivity contribution in [1.29, 1.82) is 0 Å². The smallest absolute Gasteiger partial charge is 0.267 e. The third-order valence-electron chi connectivity index (χ3n) is 4.76. The minimum Gasteiger partial charge on any atom is -0.489 e. The topological polar surface area (TPSA) is 94.3 Å². The van der Waals surface area contributed by atoms with Gasteiger partial charge in [0.25, 0.3) is 5.91 Å². The van der Waals surface area contributed by atoms with Gasteiger partial charge in [0.1, 0.15) is 18.1 Å². The Morgan fingerprint density at radius 1 is 1.06 bits per heavy atom. The van der Waals surface area contributed by atoms with Crippen molar-refractivity contribution in [2.45, 2.75) is 32.8 Å². The second-order valence-corrected chi connectivity index (χ2v) is 8.43. The molecule has 0 aliphatic carbocycles. The number of ether oxygens (including phenoxy) is 1. The van der Waals surface area contributed by atoms with Gasteiger partial charge in [-0.2, -0.15) is 0 Å². The van der Waals surface area contributed by atoms with Gasteiger partial charge in [-0.3, -0.25) is 14.6 Å². The van der Waals surface area contributed by atoms with Crippen LogP contribution in [0.3, 0.4) is 0 Å². The first kappa shape index (κ1) is 22.7. The highest BCUT2D eigenvalue weighted by molar-refractivity contribution is 6.02. The highest BCUT2D eigenvalue weighted by Gasteiger charge is 2.13. The van der Waals surface area contributed by atoms with Crippen LogP contribution in [0.4, 0.5) is 5.69 Å². The van der Waals surface area contributed by atoms with E-state index in [0.717, 1.165) is 22.4 Å². The van der Waals surface area contributed by atoms with E-state index in [2.05, 4.69) is 37.1 Å². The van der Waals surface area contributed by atoms with E-state index in [1.807, 2.05) is 42.5 Å². The number of hydrogen-bond donors (Lipinski definition) is 2. The molecular formula is C26H27N3O3. The predicted octanol–water partition coefficient (Wildman–Crippen LogP) is 4.71. The van der Waals surface area contributed by atoms with Gasteiger partial charge in [-0.05, 0) is 64.6 Å². The monoisotopic (exact) mass is 429 g/mol. The Kier molecular flexibility index (Phi) is 7.05. The first-order valence-electron chi connectivity index (χ1n) is 10.3. The summed E-state index contributed by atoms with van der Waals surface area (Å²) in [7, 11) is 0. The second kappa shape index (κ2) is 9.92. The lowest BCUT2D eigenvalue weighted by atomic mass is 9.87. The summed E-state index contributed by atoms with van der Waals surface area (Å²) in [5.74, 6) is -0.150. The molecule has 3 rings (SSSR count). The summed E-state index contributed by atoms with van der Waals surface area (Å²) in [5, 5.41) is 2.90. The molecule has 0 bridgehead atoms. The van der Waals surface area contributed by atoms with Gasteiger partial charge in [0.15, 0.2) is 0 Å². The Morgan fingerprint density at radius 3 is 2.59 bits per heavy atom. The average Bonchev–Trinajstić information content (AvgIpc) is 2.76. The van der Waals surface area contributed by atoms with Crippen LogP contribution in [0.1, 0.15) is 48.0 Å². The zero-order chi connectivity index (χ0) is 23.1. The van der Waals surface area contributed by atoms with Crippen molar-refractivity contribution in [3.8, 4) is 5.75 Å². The van der Waals surface area contributed by atoms with Gasteiger partial charge >= 0.3 is 0 Å². The molecule has 3 N–H and O–H groups in total. The molecule has 3 aromatic rings. The molecule has 0 aliphatic heterocycles. The normalized spacial score (nSPS) is 11.3. The van der Waals surface area contributed by atoms with E-state index in [1.54, 1.807) is 18.2 Å². The molecule has 1 heterocycles. The number of carbonyl (C=O) groups is 2. The summed E-state index contributed by atoms with van der Waals surface area (Å²) < 4.78 is 5.80. The number of hydrogen-bond acceptors (Lipinski definition) is 4. The van der Waals surface area contributed by atoms with E-state index in [9.17, 15) is 9.59 Å². The van der Waals surface area contributed by atoms with Crippen LogP contribution in [0.2, 0.25) is 0 Å². The summed E-state index contributed by atoms with van der Waals surface area (Å²) in [4.78, 5) is 27.5. The van der Waals surface area contributed by atoms with Gasteiger partial charge in [0, 0.05) is 18.0 Å². The Labute approximate surface area is 188 Å². The number of carbonyl (C=O) groups excluding carboxylic acids is 2. The van der Waals surface area contributed by atoms with Crippen molar-refractivity contribution >= 4 is 23.6 Å². The zero-order valence-corrected chi connectivity index (χ0v) is 18.5. The minimum absolute atomic E-state index is 0.00862. The fraction of sp³-hybridized carbons (Fsp3) is 0.192. The van der Waals surface area contributed by atoms with E-state index in [-0.39, 0.29) is 23.6 Å². The first-order valence-corrected chi connectivity index (χ1v) is 10.3. The van der Waals surface area contributed by atoms with Gasteiger partial charge in [0.05, 0.1) is 0 Å². The predicted molar refractivity (Wildman–Crippen MR) is 126 cm³/mol. The highest BCUT2D eigenvalue weighted by Crippen LogP contribution is 2.24. The average molecular weight is 430 g/mol. The van der Waals surface area contributed by atoms with Crippen LogP contribution in [-0.2, 0) is 16.8 Å². The number of nitrogens with zero attached hydrogens (tertiary/aromatic N) is 1. The third kappa shape index (κ3) is 6.54. The quantitative estimate of drug-likeness (QED) is 0.532. The molecule has 0 saturated heterocycles. The number of nitrogens with two attached hydrogens (primary N) is 1. The molecule has 1 aromatic heterocycles. The van der Waals surface area contributed by atoms with Gasteiger partial charge < -0.3 is 15.8 Å². The lowest BCUT2D eigenvalue weighted by molar-refractivity contribution is -0.111. The Morgan fingerprint density at radius 2 is 1.84 bits per heavy atom. The molecule has 32 heavy (non-hydrogen) atoms. The summed E-state index contributed by atoms with van der Waals surface area (Å²) in [6.45, 7) is 6.66. The maximum Gasteiger partial charge on any atom is 0.267 e. The summed E-state index contributed by atoms with van der Waals surface area (Å²) >= 11 is 0. The van der Waals surface area contributed by atoms with Crippen LogP contribution in [0.5, 0.6) is 5.75 Å². The molecule has 6 nitrogen and oxygen atoms in total. The Balaban J connectivity index is 1.61. The summed E-state index contributed by atoms with van der Waals surface area (Å²) in [6.07, 6.45) is 4.74. The molecule has 0 radical (unpaired) electrons. The number of nitrogens with one attached hydrogen (secondary N) is 1. The van der Waals surface area contributed by atoms with Crippen LogP contribution in [-0.4, -0.2) is 16.8 Å². The molecule has 2 amide bonds. The molecule has 6 heteroatoms. The zero-order valence-electron chi connectivity index (χ0n) is 18.5. The molecule has 0 aliphatic rings. The fourth-order valence-corrected chi connectivity index (χ4v) is 2.99. The molecule has 0 atom stereocenters. The van der Waals surface area contributed by atoms with Crippen molar-refractivity contribution in [3.63, 3.8) is 0 Å². The molecule has 0 fully saturated rings. The van der Waals surface area contributed by atoms with Crippen molar-refractivity contribution in [3.05, 3.63) is 95.3 Å². The van der Waals surface area contributed by atoms with Gasteiger partial charge in [-0.25, -0.2) is 0 Å². The van der Waals surface area contributed by atoms with Gasteiger partial charge in [-0.1, -0.05) is 45.0 Å². The number of primary amides is 1. The van der Waals surface area contributed by atoms with Crippen molar-refractivity contribution < 1.29 is 14.3 Å². The summed E-state index contributed by atoms with van der Waals surface area (Å²) in [6, 6.07) is 18.6. The van der Waals surface area contributed by atoms with Crippen molar-refractivity contribution in [2.24, 2.45) is 5.73 Å². The number of amides is 2. The van der Waals surface area contributed by atoms with Crippen LogP contribution >= 0.6 is 0 Å². The van der Waals surface area contributed by atoms with Crippen molar-refractivity contribution in [1.82, 2.24) is 4.98 Å². The van der Waals surface area contributed by atoms with E-state index in [1.165, 1.54) is 12.3 Å².